The van der Waals surface area contributed by atoms with Gasteiger partial charge in [-0.25, -0.2) is 4.79 Å². The van der Waals surface area contributed by atoms with Crippen molar-refractivity contribution in [3.63, 3.8) is 0 Å². The van der Waals surface area contributed by atoms with Gasteiger partial charge in [-0.2, -0.15) is 0 Å². The molecule has 0 radical (unpaired) electrons. The maximum atomic E-state index is 11.8. The molecule has 0 atom stereocenters. The van der Waals surface area contributed by atoms with Crippen molar-refractivity contribution >= 4 is 64.1 Å². The number of carbonyl (C=O) groups is 2. The van der Waals surface area contributed by atoms with Crippen molar-refractivity contribution in [2.75, 3.05) is 24.8 Å². The molecule has 5 nitrogen and oxygen atoms in total. The van der Waals surface area contributed by atoms with E-state index in [1.165, 1.54) is 12.1 Å². The summed E-state index contributed by atoms with van der Waals surface area (Å²) in [4.78, 5) is 24.5. The first-order valence-corrected chi connectivity index (χ1v) is 9.61. The first-order chi connectivity index (χ1) is 12.4. The molecule has 0 fully saturated rings. The lowest BCUT2D eigenvalue weighted by Gasteiger charge is -2.10. The third-order valence-electron chi connectivity index (χ3n) is 3.04. The van der Waals surface area contributed by atoms with E-state index in [9.17, 15) is 9.59 Å². The van der Waals surface area contributed by atoms with Gasteiger partial charge in [0.2, 0.25) is 0 Å². The highest BCUT2D eigenvalue weighted by molar-refractivity contribution is 7.98. The Morgan fingerprint density at radius 2 is 1.77 bits per heavy atom. The number of halogens is 3. The quantitative estimate of drug-likeness (QED) is 0.380. The van der Waals surface area contributed by atoms with Crippen LogP contribution in [0.15, 0.2) is 41.3 Å². The summed E-state index contributed by atoms with van der Waals surface area (Å²) in [6.07, 6.45) is 1.93. The zero-order chi connectivity index (χ0) is 19.1. The van der Waals surface area contributed by atoms with Gasteiger partial charge < -0.3 is 14.8 Å². The summed E-state index contributed by atoms with van der Waals surface area (Å²) < 4.78 is 10.1. The molecule has 0 aliphatic rings. The van der Waals surface area contributed by atoms with Gasteiger partial charge in [0.05, 0.1) is 15.1 Å². The number of hydrogen-bond donors (Lipinski definition) is 1. The van der Waals surface area contributed by atoms with Crippen LogP contribution in [0, 0.1) is 0 Å². The smallest absolute Gasteiger partial charge is 0.344 e. The molecule has 0 heterocycles. The Balaban J connectivity index is 1.79. The molecular weight excluding hydrogens is 421 g/mol. The average Bonchev–Trinajstić information content (AvgIpc) is 2.62. The highest BCUT2D eigenvalue weighted by Crippen LogP contribution is 2.33. The van der Waals surface area contributed by atoms with Crippen molar-refractivity contribution in [3.05, 3.63) is 51.5 Å². The highest BCUT2D eigenvalue weighted by Gasteiger charge is 2.12. The van der Waals surface area contributed by atoms with E-state index in [4.69, 9.17) is 44.3 Å². The number of ether oxygens (including phenoxy) is 2. The fourth-order valence-corrected chi connectivity index (χ4v) is 2.89. The Kier molecular flexibility index (Phi) is 7.90. The van der Waals surface area contributed by atoms with E-state index >= 15 is 0 Å². The predicted octanol–water partition coefficient (Wildman–Crippen LogP) is 4.93. The van der Waals surface area contributed by atoms with Crippen LogP contribution >= 0.6 is 46.6 Å². The number of rotatable bonds is 7. The van der Waals surface area contributed by atoms with Crippen molar-refractivity contribution in [2.45, 2.75) is 4.90 Å². The molecule has 0 saturated carbocycles. The largest absolute Gasteiger partial charge is 0.480 e. The normalized spacial score (nSPS) is 10.3. The van der Waals surface area contributed by atoms with Crippen LogP contribution in [-0.2, 0) is 14.3 Å². The third-order valence-corrected chi connectivity index (χ3v) is 4.78. The second-order valence-electron chi connectivity index (χ2n) is 4.93. The minimum Gasteiger partial charge on any atom is -0.480 e. The van der Waals surface area contributed by atoms with Crippen LogP contribution in [0.1, 0.15) is 0 Å². The minimum atomic E-state index is -0.722. The van der Waals surface area contributed by atoms with Gasteiger partial charge in [-0.15, -0.1) is 11.8 Å². The number of hydrogen-bond acceptors (Lipinski definition) is 5. The molecule has 1 amide bonds. The van der Waals surface area contributed by atoms with Crippen LogP contribution in [0.25, 0.3) is 0 Å². The zero-order valence-corrected chi connectivity index (χ0v) is 16.6. The number of thioether (sulfide) groups is 1. The molecule has 0 bridgehead atoms. The summed E-state index contributed by atoms with van der Waals surface area (Å²) in [6.45, 7) is -0.853. The van der Waals surface area contributed by atoms with E-state index in [2.05, 4.69) is 5.32 Å². The molecule has 2 aromatic carbocycles. The van der Waals surface area contributed by atoms with Gasteiger partial charge in [-0.05, 0) is 30.5 Å². The van der Waals surface area contributed by atoms with Crippen molar-refractivity contribution in [1.29, 1.82) is 0 Å². The number of esters is 1. The predicted molar refractivity (Wildman–Crippen MR) is 105 cm³/mol. The lowest BCUT2D eigenvalue weighted by atomic mass is 10.3. The summed E-state index contributed by atoms with van der Waals surface area (Å²) in [7, 11) is 0. The van der Waals surface area contributed by atoms with Crippen molar-refractivity contribution < 1.29 is 19.1 Å². The SMILES string of the molecule is CSc1cccc(NC(=O)COC(=O)COc2cc(Cl)c(Cl)cc2Cl)c1. The van der Waals surface area contributed by atoms with Crippen LogP contribution in [0.4, 0.5) is 5.69 Å². The molecule has 2 rings (SSSR count). The van der Waals surface area contributed by atoms with E-state index in [1.807, 2.05) is 24.5 Å². The first-order valence-electron chi connectivity index (χ1n) is 7.26. The lowest BCUT2D eigenvalue weighted by molar-refractivity contribution is -0.149. The lowest BCUT2D eigenvalue weighted by Crippen LogP contribution is -2.23. The van der Waals surface area contributed by atoms with E-state index in [1.54, 1.807) is 17.8 Å². The van der Waals surface area contributed by atoms with Gasteiger partial charge in [0.25, 0.3) is 5.91 Å². The topological polar surface area (TPSA) is 64.6 Å². The molecular formula is C17H14Cl3NO4S. The van der Waals surface area contributed by atoms with Crippen LogP contribution in [0.3, 0.4) is 0 Å². The van der Waals surface area contributed by atoms with Gasteiger partial charge in [-0.1, -0.05) is 40.9 Å². The highest BCUT2D eigenvalue weighted by atomic mass is 35.5. The average molecular weight is 435 g/mol. The monoisotopic (exact) mass is 433 g/mol. The summed E-state index contributed by atoms with van der Waals surface area (Å²) >= 11 is 19.2. The molecule has 138 valence electrons. The Labute approximate surface area is 169 Å². The van der Waals surface area contributed by atoms with Crippen molar-refractivity contribution in [2.24, 2.45) is 0 Å². The standard InChI is InChI=1S/C17H14Cl3NO4S/c1-26-11-4-2-3-10(5-11)21-16(22)8-25-17(23)9-24-15-7-13(19)12(18)6-14(15)20/h2-7H,8-9H2,1H3,(H,21,22). The molecule has 1 N–H and O–H groups in total. The van der Waals surface area contributed by atoms with E-state index in [0.29, 0.717) is 5.69 Å². The second kappa shape index (κ2) is 9.92. The van der Waals surface area contributed by atoms with Gasteiger partial charge in [0.1, 0.15) is 5.75 Å². The summed E-state index contributed by atoms with van der Waals surface area (Å²) in [5, 5.41) is 3.37. The molecule has 26 heavy (non-hydrogen) atoms. The van der Waals surface area contributed by atoms with Crippen LogP contribution in [0.2, 0.25) is 15.1 Å². The van der Waals surface area contributed by atoms with Crippen LogP contribution < -0.4 is 10.1 Å². The summed E-state index contributed by atoms with van der Waals surface area (Å²) in [6, 6.07) is 10.1. The molecule has 0 aromatic heterocycles. The number of carbonyl (C=O) groups excluding carboxylic acids is 2. The molecule has 0 aliphatic carbocycles. The third kappa shape index (κ3) is 6.29. The molecule has 0 unspecified atom stereocenters. The maximum absolute atomic E-state index is 11.8. The number of benzene rings is 2. The summed E-state index contributed by atoms with van der Waals surface area (Å²) in [5.41, 5.74) is 0.622. The Hall–Kier alpha value is -1.60. The van der Waals surface area contributed by atoms with Crippen molar-refractivity contribution in [1.82, 2.24) is 0 Å². The fourth-order valence-electron chi connectivity index (χ4n) is 1.84. The van der Waals surface area contributed by atoms with E-state index < -0.39 is 25.1 Å². The Bertz CT molecular complexity index is 817. The zero-order valence-electron chi connectivity index (χ0n) is 13.6. The van der Waals surface area contributed by atoms with Gasteiger partial charge in [0, 0.05) is 16.6 Å². The minimum absolute atomic E-state index is 0.191. The molecule has 2 aromatic rings. The van der Waals surface area contributed by atoms with Gasteiger partial charge in [-0.3, -0.25) is 4.79 Å². The molecule has 0 saturated heterocycles. The Morgan fingerprint density at radius 3 is 2.50 bits per heavy atom. The maximum Gasteiger partial charge on any atom is 0.344 e. The number of anilines is 1. The molecule has 0 aliphatic heterocycles. The number of nitrogens with one attached hydrogen (secondary N) is 1. The van der Waals surface area contributed by atoms with E-state index in [-0.39, 0.29) is 20.8 Å². The van der Waals surface area contributed by atoms with Gasteiger partial charge in [0.15, 0.2) is 13.2 Å². The second-order valence-corrected chi connectivity index (χ2v) is 7.03. The van der Waals surface area contributed by atoms with Crippen molar-refractivity contribution in [3.8, 4) is 5.75 Å². The Morgan fingerprint density at radius 1 is 1.04 bits per heavy atom. The van der Waals surface area contributed by atoms with Crippen LogP contribution in [0.5, 0.6) is 5.75 Å². The summed E-state index contributed by atoms with van der Waals surface area (Å²) in [5.74, 6) is -0.985. The van der Waals surface area contributed by atoms with Gasteiger partial charge >= 0.3 is 5.97 Å². The first kappa shape index (κ1) is 20.7. The molecule has 0 spiro atoms. The van der Waals surface area contributed by atoms with E-state index in [0.717, 1.165) is 4.90 Å². The van der Waals surface area contributed by atoms with Crippen LogP contribution in [-0.4, -0.2) is 31.3 Å². The number of amides is 1. The molecule has 9 heteroatoms. The fraction of sp³-hybridized carbons (Fsp3) is 0.176.